The van der Waals surface area contributed by atoms with Gasteiger partial charge in [-0.2, -0.15) is 0 Å². The van der Waals surface area contributed by atoms with Crippen molar-refractivity contribution in [1.82, 2.24) is 14.5 Å². The van der Waals surface area contributed by atoms with Crippen molar-refractivity contribution >= 4 is 16.9 Å². The molecule has 29 heavy (non-hydrogen) atoms. The van der Waals surface area contributed by atoms with E-state index in [0.717, 1.165) is 18.8 Å². The van der Waals surface area contributed by atoms with E-state index in [1.807, 2.05) is 24.0 Å². The second-order valence-corrected chi connectivity index (χ2v) is 9.44. The smallest absolute Gasteiger partial charge is 0.160 e. The van der Waals surface area contributed by atoms with Crippen LogP contribution >= 0.6 is 11.8 Å². The molecule has 0 aliphatic carbocycles. The number of nitrogens with zero attached hydrogens (tertiary/aromatic N) is 4. The van der Waals surface area contributed by atoms with E-state index in [4.69, 9.17) is 4.99 Å². The van der Waals surface area contributed by atoms with Crippen LogP contribution in [0.15, 0.2) is 65.8 Å². The fourth-order valence-electron chi connectivity index (χ4n) is 4.59. The third-order valence-corrected chi connectivity index (χ3v) is 7.10. The van der Waals surface area contributed by atoms with Crippen molar-refractivity contribution in [3.63, 3.8) is 0 Å². The molecule has 0 bridgehead atoms. The van der Waals surface area contributed by atoms with Crippen LogP contribution in [0.4, 0.5) is 0 Å². The number of fused-ring (bicyclic) bond motifs is 1. The van der Waals surface area contributed by atoms with E-state index in [0.29, 0.717) is 5.25 Å². The van der Waals surface area contributed by atoms with Gasteiger partial charge >= 0.3 is 0 Å². The summed E-state index contributed by atoms with van der Waals surface area (Å²) in [7, 11) is 0. The summed E-state index contributed by atoms with van der Waals surface area (Å²) in [5, 5.41) is 1.75. The molecule has 2 aliphatic heterocycles. The van der Waals surface area contributed by atoms with Gasteiger partial charge in [0, 0.05) is 35.9 Å². The first-order chi connectivity index (χ1) is 14.1. The van der Waals surface area contributed by atoms with Crippen molar-refractivity contribution in [2.75, 3.05) is 6.54 Å². The van der Waals surface area contributed by atoms with Gasteiger partial charge in [0.05, 0.1) is 11.7 Å². The molecule has 148 valence electrons. The molecule has 2 aliphatic rings. The highest BCUT2D eigenvalue weighted by Crippen LogP contribution is 2.48. The molecule has 0 unspecified atom stereocenters. The molecule has 0 N–H and O–H groups in total. The summed E-state index contributed by atoms with van der Waals surface area (Å²) in [6.07, 6.45) is 1.88. The van der Waals surface area contributed by atoms with Gasteiger partial charge in [0.1, 0.15) is 6.04 Å². The summed E-state index contributed by atoms with van der Waals surface area (Å²) < 4.78 is 2.44. The van der Waals surface area contributed by atoms with Crippen molar-refractivity contribution in [3.05, 3.63) is 89.0 Å². The Morgan fingerprint density at radius 3 is 2.62 bits per heavy atom. The van der Waals surface area contributed by atoms with Crippen molar-refractivity contribution in [2.24, 2.45) is 4.99 Å². The van der Waals surface area contributed by atoms with Crippen LogP contribution in [0, 0.1) is 13.8 Å². The molecular formula is C24H26N4S. The third-order valence-electron chi connectivity index (χ3n) is 6.00. The van der Waals surface area contributed by atoms with Gasteiger partial charge in [-0.15, -0.1) is 0 Å². The lowest BCUT2D eigenvalue weighted by Crippen LogP contribution is -2.29. The Balaban J connectivity index is 1.55. The fraction of sp³-hybridized carbons (Fsp3) is 0.333. The molecule has 4 heterocycles. The largest absolute Gasteiger partial charge is 0.344 e. The number of aromatic nitrogens is 2. The molecule has 0 spiro atoms. The van der Waals surface area contributed by atoms with Gasteiger partial charge in [-0.25, -0.2) is 0 Å². The van der Waals surface area contributed by atoms with Crippen LogP contribution in [0.3, 0.4) is 0 Å². The molecule has 4 nitrogen and oxygen atoms in total. The second kappa shape index (κ2) is 7.38. The quantitative estimate of drug-likeness (QED) is 0.606. The molecule has 1 fully saturated rings. The first-order valence-electron chi connectivity index (χ1n) is 10.2. The minimum Gasteiger partial charge on any atom is -0.344 e. The number of thioether (sulfide) groups is 1. The van der Waals surface area contributed by atoms with Gasteiger partial charge in [0.2, 0.25) is 0 Å². The van der Waals surface area contributed by atoms with Crippen LogP contribution in [-0.2, 0) is 6.54 Å². The zero-order valence-electron chi connectivity index (χ0n) is 17.1. The zero-order chi connectivity index (χ0) is 20.0. The average molecular weight is 403 g/mol. The van der Waals surface area contributed by atoms with Crippen LogP contribution in [-0.4, -0.2) is 31.4 Å². The molecule has 5 rings (SSSR count). The van der Waals surface area contributed by atoms with E-state index in [1.165, 1.54) is 27.7 Å². The molecule has 0 radical (unpaired) electrons. The standard InChI is InChI=1S/C24H26N4S/c1-16-13-20(18(3)27(16)15-19-9-5-4-6-10-19)23-22(21-11-7-8-12-25-21)26-24-28(23)14-17(2)29-24/h4-13,17,22-23H,14-15H2,1-3H3/t17-,22-,23-/m1/s1. The summed E-state index contributed by atoms with van der Waals surface area (Å²) in [5.41, 5.74) is 6.40. The first kappa shape index (κ1) is 18.5. The predicted octanol–water partition coefficient (Wildman–Crippen LogP) is 5.14. The minimum absolute atomic E-state index is 0.0527. The lowest BCUT2D eigenvalue weighted by Gasteiger charge is -2.27. The zero-order valence-corrected chi connectivity index (χ0v) is 17.9. The topological polar surface area (TPSA) is 33.4 Å². The third kappa shape index (κ3) is 3.27. The molecule has 3 atom stereocenters. The minimum atomic E-state index is 0.0527. The lowest BCUT2D eigenvalue weighted by molar-refractivity contribution is 0.320. The van der Waals surface area contributed by atoms with Crippen molar-refractivity contribution in [1.29, 1.82) is 0 Å². The van der Waals surface area contributed by atoms with E-state index in [9.17, 15) is 0 Å². The van der Waals surface area contributed by atoms with E-state index in [-0.39, 0.29) is 12.1 Å². The normalized spacial score (nSPS) is 23.3. The highest BCUT2D eigenvalue weighted by molar-refractivity contribution is 8.14. The number of aliphatic imine (C=N–C) groups is 1. The predicted molar refractivity (Wildman–Crippen MR) is 120 cm³/mol. The fourth-order valence-corrected chi connectivity index (χ4v) is 5.68. The maximum absolute atomic E-state index is 5.13. The van der Waals surface area contributed by atoms with Crippen LogP contribution in [0.1, 0.15) is 47.2 Å². The van der Waals surface area contributed by atoms with Crippen LogP contribution in [0.5, 0.6) is 0 Å². The number of pyridine rings is 1. The van der Waals surface area contributed by atoms with E-state index in [1.54, 1.807) is 0 Å². The highest BCUT2D eigenvalue weighted by Gasteiger charge is 2.44. The SMILES string of the molecule is Cc1cc([C@@H]2[C@@H](c3ccccn3)N=C3S[C@H](C)CN32)c(C)n1Cc1ccccc1. The average Bonchev–Trinajstić information content (AvgIpc) is 3.35. The maximum Gasteiger partial charge on any atom is 0.160 e. The Morgan fingerprint density at radius 1 is 1.07 bits per heavy atom. The van der Waals surface area contributed by atoms with Gasteiger partial charge in [0.25, 0.3) is 0 Å². The highest BCUT2D eigenvalue weighted by atomic mass is 32.2. The first-order valence-corrected chi connectivity index (χ1v) is 11.1. The van der Waals surface area contributed by atoms with E-state index < -0.39 is 0 Å². The van der Waals surface area contributed by atoms with Gasteiger partial charge in [-0.3, -0.25) is 9.98 Å². The molecule has 5 heteroatoms. The second-order valence-electron chi connectivity index (χ2n) is 8.03. The van der Waals surface area contributed by atoms with Gasteiger partial charge in [0.15, 0.2) is 5.17 Å². The molecule has 0 saturated carbocycles. The summed E-state index contributed by atoms with van der Waals surface area (Å²) in [6.45, 7) is 8.70. The van der Waals surface area contributed by atoms with Gasteiger partial charge in [-0.1, -0.05) is 55.1 Å². The molecule has 0 amide bonds. The molecular weight excluding hydrogens is 376 g/mol. The molecule has 2 aromatic heterocycles. The summed E-state index contributed by atoms with van der Waals surface area (Å²) in [4.78, 5) is 12.3. The number of benzene rings is 1. The maximum atomic E-state index is 5.13. The summed E-state index contributed by atoms with van der Waals surface area (Å²) in [6, 6.07) is 19.5. The van der Waals surface area contributed by atoms with Gasteiger partial charge in [-0.05, 0) is 43.2 Å². The molecule has 1 aromatic carbocycles. The van der Waals surface area contributed by atoms with Crippen LogP contribution in [0.25, 0.3) is 0 Å². The number of aryl methyl sites for hydroxylation is 1. The molecule has 3 aromatic rings. The van der Waals surface area contributed by atoms with Crippen molar-refractivity contribution in [3.8, 4) is 0 Å². The Kier molecular flexibility index (Phi) is 4.70. The Bertz CT molecular complexity index is 1040. The van der Waals surface area contributed by atoms with E-state index in [2.05, 4.69) is 83.8 Å². The van der Waals surface area contributed by atoms with Crippen LogP contribution < -0.4 is 0 Å². The van der Waals surface area contributed by atoms with E-state index >= 15 is 0 Å². The summed E-state index contributed by atoms with van der Waals surface area (Å²) >= 11 is 1.89. The Labute approximate surface area is 176 Å². The summed E-state index contributed by atoms with van der Waals surface area (Å²) in [5.74, 6) is 0. The molecule has 1 saturated heterocycles. The van der Waals surface area contributed by atoms with Gasteiger partial charge < -0.3 is 9.47 Å². The van der Waals surface area contributed by atoms with Crippen molar-refractivity contribution < 1.29 is 0 Å². The monoisotopic (exact) mass is 402 g/mol. The van der Waals surface area contributed by atoms with Crippen LogP contribution in [0.2, 0.25) is 0 Å². The lowest BCUT2D eigenvalue weighted by atomic mass is 9.96. The number of rotatable bonds is 4. The Morgan fingerprint density at radius 2 is 1.86 bits per heavy atom. The van der Waals surface area contributed by atoms with Crippen molar-refractivity contribution in [2.45, 2.75) is 44.6 Å². The number of hydrogen-bond donors (Lipinski definition) is 0. The number of hydrogen-bond acceptors (Lipinski definition) is 4. The Hall–Kier alpha value is -2.53. The number of amidine groups is 1.